The van der Waals surface area contributed by atoms with Gasteiger partial charge in [0, 0.05) is 4.90 Å². The van der Waals surface area contributed by atoms with E-state index in [0.717, 1.165) is 30.0 Å². The van der Waals surface area contributed by atoms with Crippen molar-refractivity contribution in [3.63, 3.8) is 0 Å². The molecule has 90 valence electrons. The summed E-state index contributed by atoms with van der Waals surface area (Å²) in [5.74, 6) is -0.00868. The second-order valence-electron chi connectivity index (χ2n) is 3.51. The van der Waals surface area contributed by atoms with Gasteiger partial charge in [-0.3, -0.25) is 0 Å². The van der Waals surface area contributed by atoms with Gasteiger partial charge in [0.05, 0.1) is 5.25 Å². The van der Waals surface area contributed by atoms with Gasteiger partial charge in [-0.05, 0) is 32.0 Å². The zero-order valence-electron chi connectivity index (χ0n) is 9.28. The highest BCUT2D eigenvalue weighted by atomic mass is 32.2. The van der Waals surface area contributed by atoms with Crippen LogP contribution in [0.25, 0.3) is 0 Å². The fourth-order valence-electron chi connectivity index (χ4n) is 1.29. The van der Waals surface area contributed by atoms with Gasteiger partial charge < -0.3 is 4.52 Å². The number of hydrogen-bond acceptors (Lipinski definition) is 4. The predicted molar refractivity (Wildman–Crippen MR) is 59.7 cm³/mol. The van der Waals surface area contributed by atoms with Crippen LogP contribution < -0.4 is 0 Å². The molecule has 2 aromatic rings. The normalized spacial score (nSPS) is 12.7. The molecule has 0 saturated heterocycles. The van der Waals surface area contributed by atoms with Crippen LogP contribution in [-0.4, -0.2) is 10.1 Å². The summed E-state index contributed by atoms with van der Waals surface area (Å²) in [7, 11) is 0. The minimum Gasteiger partial charge on any atom is -0.338 e. The molecule has 0 radical (unpaired) electrons. The largest absolute Gasteiger partial charge is 0.338 e. The molecule has 0 aliphatic heterocycles. The van der Waals surface area contributed by atoms with E-state index < -0.39 is 11.6 Å². The van der Waals surface area contributed by atoms with Crippen LogP contribution in [0.4, 0.5) is 8.78 Å². The number of halogens is 2. The minimum atomic E-state index is -0.470. The Balaban J connectivity index is 2.18. The molecule has 0 saturated carbocycles. The van der Waals surface area contributed by atoms with Gasteiger partial charge in [-0.2, -0.15) is 4.98 Å². The lowest BCUT2D eigenvalue weighted by molar-refractivity contribution is 0.376. The molecule has 6 heteroatoms. The maximum Gasteiger partial charge on any atom is 0.239 e. The van der Waals surface area contributed by atoms with Crippen LogP contribution in [0.3, 0.4) is 0 Å². The van der Waals surface area contributed by atoms with Crippen molar-refractivity contribution in [2.45, 2.75) is 24.0 Å². The van der Waals surface area contributed by atoms with Crippen LogP contribution in [0.2, 0.25) is 0 Å². The van der Waals surface area contributed by atoms with E-state index in [9.17, 15) is 8.78 Å². The van der Waals surface area contributed by atoms with Gasteiger partial charge in [0.2, 0.25) is 5.89 Å². The summed E-state index contributed by atoms with van der Waals surface area (Å²) in [6, 6.07) is 3.34. The molecule has 1 aromatic heterocycles. The molecule has 3 nitrogen and oxygen atoms in total. The summed E-state index contributed by atoms with van der Waals surface area (Å²) in [6.45, 7) is 3.50. The average Bonchev–Trinajstić information content (AvgIpc) is 2.70. The molecule has 1 aromatic carbocycles. The van der Waals surface area contributed by atoms with Gasteiger partial charge in [0.1, 0.15) is 11.6 Å². The number of hydrogen-bond donors (Lipinski definition) is 0. The maximum absolute atomic E-state index is 13.4. The third-order valence-electron chi connectivity index (χ3n) is 2.09. The van der Waals surface area contributed by atoms with Crippen LogP contribution in [0.5, 0.6) is 0 Å². The molecule has 1 unspecified atom stereocenters. The van der Waals surface area contributed by atoms with Gasteiger partial charge in [-0.25, -0.2) is 8.78 Å². The van der Waals surface area contributed by atoms with Gasteiger partial charge in [-0.15, -0.1) is 11.8 Å². The first-order valence-electron chi connectivity index (χ1n) is 4.98. The number of nitrogens with zero attached hydrogens (tertiary/aromatic N) is 2. The summed E-state index contributed by atoms with van der Waals surface area (Å²) < 4.78 is 31.3. The summed E-state index contributed by atoms with van der Waals surface area (Å²) in [6.07, 6.45) is 0. The molecule has 1 heterocycles. The molecular weight excluding hydrogens is 246 g/mol. The third-order valence-corrected chi connectivity index (χ3v) is 3.21. The number of thioether (sulfide) groups is 1. The molecule has 1 atom stereocenters. The van der Waals surface area contributed by atoms with Crippen molar-refractivity contribution < 1.29 is 13.3 Å². The highest BCUT2D eigenvalue weighted by molar-refractivity contribution is 7.99. The van der Waals surface area contributed by atoms with Gasteiger partial charge in [-0.1, -0.05) is 5.16 Å². The fourth-order valence-corrected chi connectivity index (χ4v) is 2.23. The van der Waals surface area contributed by atoms with Crippen LogP contribution in [-0.2, 0) is 0 Å². The average molecular weight is 256 g/mol. The Morgan fingerprint density at radius 1 is 1.35 bits per heavy atom. The van der Waals surface area contributed by atoms with Crippen molar-refractivity contribution in [3.05, 3.63) is 41.5 Å². The first-order valence-corrected chi connectivity index (χ1v) is 5.86. The van der Waals surface area contributed by atoms with E-state index in [-0.39, 0.29) is 10.1 Å². The lowest BCUT2D eigenvalue weighted by Crippen LogP contribution is -1.91. The molecule has 0 spiro atoms. The monoisotopic (exact) mass is 256 g/mol. The topological polar surface area (TPSA) is 38.9 Å². The molecule has 0 aliphatic carbocycles. The van der Waals surface area contributed by atoms with E-state index in [2.05, 4.69) is 10.1 Å². The molecule has 0 bridgehead atoms. The molecule has 2 rings (SSSR count). The summed E-state index contributed by atoms with van der Waals surface area (Å²) in [5, 5.41) is 3.42. The van der Waals surface area contributed by atoms with E-state index >= 15 is 0 Å². The molecule has 0 aliphatic rings. The van der Waals surface area contributed by atoms with Gasteiger partial charge in [0.15, 0.2) is 5.82 Å². The van der Waals surface area contributed by atoms with Crippen LogP contribution in [0.1, 0.15) is 23.9 Å². The Morgan fingerprint density at radius 3 is 2.76 bits per heavy atom. The van der Waals surface area contributed by atoms with Crippen LogP contribution in [0.15, 0.2) is 27.6 Å². The van der Waals surface area contributed by atoms with Crippen molar-refractivity contribution in [2.24, 2.45) is 0 Å². The van der Waals surface area contributed by atoms with Crippen molar-refractivity contribution in [2.75, 3.05) is 0 Å². The Labute approximate surface area is 101 Å². The Kier molecular flexibility index (Phi) is 3.42. The molecule has 0 N–H and O–H groups in total. The Bertz CT molecular complexity index is 530. The second-order valence-corrected chi connectivity index (χ2v) is 4.90. The van der Waals surface area contributed by atoms with E-state index in [1.165, 1.54) is 0 Å². The second kappa shape index (κ2) is 4.83. The highest BCUT2D eigenvalue weighted by Crippen LogP contribution is 2.35. The lowest BCUT2D eigenvalue weighted by Gasteiger charge is -2.07. The third kappa shape index (κ3) is 2.82. The minimum absolute atomic E-state index is 0.229. The van der Waals surface area contributed by atoms with Gasteiger partial charge >= 0.3 is 0 Å². The van der Waals surface area contributed by atoms with Crippen molar-refractivity contribution in [1.29, 1.82) is 0 Å². The Hall–Kier alpha value is -1.43. The van der Waals surface area contributed by atoms with Gasteiger partial charge in [0.25, 0.3) is 0 Å². The number of aryl methyl sites for hydroxylation is 1. The SMILES string of the molecule is Cc1noc(C(C)Sc2cc(F)ccc2F)n1. The zero-order chi connectivity index (χ0) is 12.4. The summed E-state index contributed by atoms with van der Waals surface area (Å²) in [4.78, 5) is 4.27. The predicted octanol–water partition coefficient (Wildman–Crippen LogP) is 3.51. The standard InChI is InChI=1S/C11H10F2N2OS/c1-6(11-14-7(2)15-16-11)17-10-5-8(12)3-4-9(10)13/h3-6H,1-2H3. The first-order chi connectivity index (χ1) is 8.06. The lowest BCUT2D eigenvalue weighted by atomic mass is 10.3. The number of aromatic nitrogens is 2. The molecule has 0 amide bonds. The molecule has 0 fully saturated rings. The van der Waals surface area contributed by atoms with Crippen LogP contribution in [0, 0.1) is 18.6 Å². The van der Waals surface area contributed by atoms with E-state index in [4.69, 9.17) is 4.52 Å². The van der Waals surface area contributed by atoms with E-state index in [0.29, 0.717) is 11.7 Å². The smallest absolute Gasteiger partial charge is 0.239 e. The summed E-state index contributed by atoms with van der Waals surface area (Å²) >= 11 is 1.14. The molecule has 17 heavy (non-hydrogen) atoms. The molecular formula is C11H10F2N2OS. The summed E-state index contributed by atoms with van der Waals surface area (Å²) in [5.41, 5.74) is 0. The zero-order valence-corrected chi connectivity index (χ0v) is 10.1. The number of rotatable bonds is 3. The van der Waals surface area contributed by atoms with Crippen molar-refractivity contribution in [1.82, 2.24) is 10.1 Å². The van der Waals surface area contributed by atoms with E-state index in [1.807, 2.05) is 0 Å². The van der Waals surface area contributed by atoms with Crippen molar-refractivity contribution >= 4 is 11.8 Å². The fraction of sp³-hybridized carbons (Fsp3) is 0.273. The van der Waals surface area contributed by atoms with E-state index in [1.54, 1.807) is 13.8 Å². The Morgan fingerprint density at radius 2 is 2.12 bits per heavy atom. The van der Waals surface area contributed by atoms with Crippen LogP contribution >= 0.6 is 11.8 Å². The first kappa shape index (κ1) is 12.0. The number of benzene rings is 1. The van der Waals surface area contributed by atoms with Crippen molar-refractivity contribution in [3.8, 4) is 0 Å². The highest BCUT2D eigenvalue weighted by Gasteiger charge is 2.16. The quantitative estimate of drug-likeness (QED) is 0.788. The maximum atomic E-state index is 13.4.